The van der Waals surface area contributed by atoms with Gasteiger partial charge in [0.1, 0.15) is 0 Å². The molecule has 3 rings (SSSR count). The van der Waals surface area contributed by atoms with Crippen LogP contribution in [0.15, 0.2) is 72.7 Å². The van der Waals surface area contributed by atoms with Crippen molar-refractivity contribution in [3.8, 4) is 0 Å². The van der Waals surface area contributed by atoms with Gasteiger partial charge in [-0.25, -0.2) is 0 Å². The molecule has 2 aromatic rings. The van der Waals surface area contributed by atoms with Gasteiger partial charge in [0, 0.05) is 18.4 Å². The van der Waals surface area contributed by atoms with Gasteiger partial charge < -0.3 is 19.5 Å². The summed E-state index contributed by atoms with van der Waals surface area (Å²) in [6.45, 7) is 3.94. The fourth-order valence-electron chi connectivity index (χ4n) is 3.61. The minimum Gasteiger partial charge on any atom is -0.489 e. The van der Waals surface area contributed by atoms with Crippen LogP contribution in [0.5, 0.6) is 0 Å². The van der Waals surface area contributed by atoms with Gasteiger partial charge >= 0.3 is 0 Å². The molecule has 2 atom stereocenters. The zero-order valence-electron chi connectivity index (χ0n) is 15.5. The molecular weight excluding hydrogens is 342 g/mol. The molecule has 1 N–H and O–H groups in total. The lowest BCUT2D eigenvalue weighted by atomic mass is 9.89. The van der Waals surface area contributed by atoms with Gasteiger partial charge in [-0.15, -0.1) is 0 Å². The molecular formula is C22H23NO4. The second kappa shape index (κ2) is 7.80. The number of nitrogens with zero attached hydrogens (tertiary/aromatic N) is 1. The number of fused-ring (bicyclic) bond motifs is 1. The summed E-state index contributed by atoms with van der Waals surface area (Å²) in [7, 11) is 2.98. The average Bonchev–Trinajstić information content (AvgIpc) is 3.07. The Hall–Kier alpha value is -2.85. The van der Waals surface area contributed by atoms with Gasteiger partial charge in [0.05, 0.1) is 19.8 Å². The molecule has 0 aliphatic carbocycles. The van der Waals surface area contributed by atoms with E-state index in [2.05, 4.69) is 12.3 Å². The van der Waals surface area contributed by atoms with Crippen molar-refractivity contribution in [3.63, 3.8) is 0 Å². The van der Waals surface area contributed by atoms with Crippen LogP contribution in [0.2, 0.25) is 0 Å². The Labute approximate surface area is 159 Å². The van der Waals surface area contributed by atoms with Crippen LogP contribution in [0.1, 0.15) is 11.1 Å². The van der Waals surface area contributed by atoms with Crippen LogP contribution in [0, 0.1) is 0 Å². The molecule has 0 fully saturated rings. The van der Waals surface area contributed by atoms with Crippen molar-refractivity contribution >= 4 is 11.6 Å². The smallest absolute Gasteiger partial charge is 0.272 e. The standard InChI is InChI=1S/C22H23NO4/c1-4-20(27-3)22(25,17-11-6-5-7-12-17)21(24)23-18(15-26-2)14-16-10-8-9-13-19(16)23/h5-13,18,25H,1,14-15H2,2-3H3/t18-,22-/m0/s1. The molecule has 27 heavy (non-hydrogen) atoms. The van der Waals surface area contributed by atoms with E-state index in [9.17, 15) is 9.90 Å². The minimum absolute atomic E-state index is 0.0424. The first-order valence-electron chi connectivity index (χ1n) is 8.70. The highest BCUT2D eigenvalue weighted by molar-refractivity contribution is 6.03. The number of methoxy groups -OCH3 is 2. The van der Waals surface area contributed by atoms with Crippen LogP contribution in [-0.4, -0.2) is 37.9 Å². The maximum Gasteiger partial charge on any atom is 0.272 e. The Kier molecular flexibility index (Phi) is 5.47. The fraction of sp³-hybridized carbons (Fsp3) is 0.273. The van der Waals surface area contributed by atoms with Crippen molar-refractivity contribution < 1.29 is 19.4 Å². The number of carbonyl (C=O) groups is 1. The molecule has 5 nitrogen and oxygen atoms in total. The number of amides is 1. The number of hydrogen-bond acceptors (Lipinski definition) is 4. The number of hydrogen-bond donors (Lipinski definition) is 1. The Bertz CT molecular complexity index is 873. The van der Waals surface area contributed by atoms with E-state index in [0.29, 0.717) is 18.6 Å². The predicted octanol–water partition coefficient (Wildman–Crippen LogP) is 2.79. The van der Waals surface area contributed by atoms with Crippen LogP contribution in [0.3, 0.4) is 0 Å². The average molecular weight is 365 g/mol. The molecule has 1 aliphatic heterocycles. The summed E-state index contributed by atoms with van der Waals surface area (Å²) >= 11 is 0. The molecule has 0 aromatic heterocycles. The molecule has 2 aromatic carbocycles. The van der Waals surface area contributed by atoms with Crippen LogP contribution >= 0.6 is 0 Å². The first-order valence-corrected chi connectivity index (χ1v) is 8.70. The SMILES string of the molecule is C=C=C(OC)[C@](O)(C(=O)N1c2ccccc2C[C@H]1COC)c1ccccc1. The van der Waals surface area contributed by atoms with Crippen molar-refractivity contribution in [2.24, 2.45) is 0 Å². The number of anilines is 1. The van der Waals surface area contributed by atoms with Crippen molar-refractivity contribution in [2.75, 3.05) is 25.7 Å². The van der Waals surface area contributed by atoms with Crippen LogP contribution in [0.25, 0.3) is 0 Å². The first-order chi connectivity index (χ1) is 13.1. The molecule has 0 spiro atoms. The maximum absolute atomic E-state index is 13.7. The lowest BCUT2D eigenvalue weighted by Crippen LogP contribution is -2.52. The van der Waals surface area contributed by atoms with Gasteiger partial charge in [0.15, 0.2) is 5.76 Å². The third-order valence-electron chi connectivity index (χ3n) is 4.84. The minimum atomic E-state index is -2.04. The summed E-state index contributed by atoms with van der Waals surface area (Å²) in [6.07, 6.45) is 0.654. The maximum atomic E-state index is 13.7. The summed E-state index contributed by atoms with van der Waals surface area (Å²) in [6, 6.07) is 16.1. The van der Waals surface area contributed by atoms with Gasteiger partial charge in [-0.2, -0.15) is 0 Å². The van der Waals surface area contributed by atoms with E-state index in [0.717, 1.165) is 11.3 Å². The van der Waals surface area contributed by atoms with E-state index in [1.54, 1.807) is 36.3 Å². The fourth-order valence-corrected chi connectivity index (χ4v) is 3.61. The third-order valence-corrected chi connectivity index (χ3v) is 4.84. The van der Waals surface area contributed by atoms with Gasteiger partial charge in [0.2, 0.25) is 5.60 Å². The van der Waals surface area contributed by atoms with E-state index >= 15 is 0 Å². The second-order valence-electron chi connectivity index (χ2n) is 6.40. The highest BCUT2D eigenvalue weighted by atomic mass is 16.5. The Morgan fingerprint density at radius 3 is 2.52 bits per heavy atom. The lowest BCUT2D eigenvalue weighted by molar-refractivity contribution is -0.138. The molecule has 5 heteroatoms. The van der Waals surface area contributed by atoms with Gasteiger partial charge in [0.25, 0.3) is 5.91 Å². The molecule has 0 saturated carbocycles. The van der Waals surface area contributed by atoms with Crippen molar-refractivity contribution in [3.05, 3.63) is 83.8 Å². The second-order valence-corrected chi connectivity index (χ2v) is 6.40. The van der Waals surface area contributed by atoms with Crippen LogP contribution in [0.4, 0.5) is 5.69 Å². The zero-order chi connectivity index (χ0) is 19.4. The summed E-state index contributed by atoms with van der Waals surface area (Å²) in [4.78, 5) is 15.3. The molecule has 0 radical (unpaired) electrons. The number of rotatable bonds is 6. The summed E-state index contributed by atoms with van der Waals surface area (Å²) in [5.74, 6) is -0.562. The normalized spacial score (nSPS) is 17.6. The van der Waals surface area contributed by atoms with E-state index in [1.807, 2.05) is 30.3 Å². The molecule has 0 saturated heterocycles. The number of carbonyl (C=O) groups excluding carboxylic acids is 1. The van der Waals surface area contributed by atoms with E-state index in [-0.39, 0.29) is 11.8 Å². The number of benzene rings is 2. The predicted molar refractivity (Wildman–Crippen MR) is 103 cm³/mol. The van der Waals surface area contributed by atoms with Crippen molar-refractivity contribution in [2.45, 2.75) is 18.1 Å². The van der Waals surface area contributed by atoms with Crippen molar-refractivity contribution in [1.29, 1.82) is 0 Å². The van der Waals surface area contributed by atoms with Crippen LogP contribution in [-0.2, 0) is 26.3 Å². The Balaban J connectivity index is 2.15. The topological polar surface area (TPSA) is 59.0 Å². The number of ether oxygens (including phenoxy) is 2. The molecule has 1 amide bonds. The monoisotopic (exact) mass is 365 g/mol. The first kappa shape index (κ1) is 18.9. The van der Waals surface area contributed by atoms with Gasteiger partial charge in [-0.3, -0.25) is 4.79 Å². The highest BCUT2D eigenvalue weighted by Crippen LogP contribution is 2.39. The quantitative estimate of drug-likeness (QED) is 0.632. The zero-order valence-corrected chi connectivity index (χ0v) is 15.5. The summed E-state index contributed by atoms with van der Waals surface area (Å²) in [5, 5.41) is 11.6. The molecule has 1 aliphatic rings. The largest absolute Gasteiger partial charge is 0.489 e. The number of para-hydroxylation sites is 1. The van der Waals surface area contributed by atoms with Crippen molar-refractivity contribution in [1.82, 2.24) is 0 Å². The third kappa shape index (κ3) is 3.17. The molecule has 0 bridgehead atoms. The van der Waals surface area contributed by atoms with Gasteiger partial charge in [-0.05, 0) is 18.1 Å². The lowest BCUT2D eigenvalue weighted by Gasteiger charge is -2.35. The van der Waals surface area contributed by atoms with E-state index in [4.69, 9.17) is 9.47 Å². The molecule has 140 valence electrons. The Morgan fingerprint density at radius 1 is 1.22 bits per heavy atom. The summed E-state index contributed by atoms with van der Waals surface area (Å²) in [5.41, 5.74) is 2.73. The van der Waals surface area contributed by atoms with E-state index < -0.39 is 11.5 Å². The molecule has 1 heterocycles. The van der Waals surface area contributed by atoms with Crippen LogP contribution < -0.4 is 4.90 Å². The van der Waals surface area contributed by atoms with Gasteiger partial charge in [-0.1, -0.05) is 60.8 Å². The summed E-state index contributed by atoms with van der Waals surface area (Å²) < 4.78 is 10.6. The van der Waals surface area contributed by atoms with E-state index in [1.165, 1.54) is 7.11 Å². The Morgan fingerprint density at radius 2 is 1.89 bits per heavy atom. The number of aliphatic hydroxyl groups is 1. The highest BCUT2D eigenvalue weighted by Gasteiger charge is 2.49. The molecule has 0 unspecified atom stereocenters.